The van der Waals surface area contributed by atoms with Crippen LogP contribution in [0, 0.1) is 0 Å². The Morgan fingerprint density at radius 2 is 2.00 bits per heavy atom. The summed E-state index contributed by atoms with van der Waals surface area (Å²) in [5.74, 6) is 0.790. The van der Waals surface area contributed by atoms with Crippen molar-refractivity contribution >= 4 is 28.2 Å². The van der Waals surface area contributed by atoms with E-state index in [9.17, 15) is 18.0 Å². The van der Waals surface area contributed by atoms with Gasteiger partial charge in [-0.15, -0.1) is 0 Å². The number of pyridine rings is 1. The monoisotopic (exact) mass is 449 g/mol. The van der Waals surface area contributed by atoms with Gasteiger partial charge in [0.2, 0.25) is 0 Å². The molecule has 12 heteroatoms. The van der Waals surface area contributed by atoms with E-state index in [1.54, 1.807) is 44.4 Å². The average Bonchev–Trinajstić information content (AvgIpc) is 2.74. The van der Waals surface area contributed by atoms with E-state index in [1.165, 1.54) is 30.0 Å². The van der Waals surface area contributed by atoms with Gasteiger partial charge >= 0.3 is 22.4 Å². The normalized spacial score (nSPS) is 13.3. The van der Waals surface area contributed by atoms with E-state index in [2.05, 4.69) is 9.71 Å². The minimum absolute atomic E-state index is 0.122. The van der Waals surface area contributed by atoms with E-state index in [-0.39, 0.29) is 24.7 Å². The standard InChI is InChI=1S/C19H23N5O6S/c1-20-31(27,28)23(4)17-7-5-6-14(21-17)12-24-11-13-8-9-15(29-18(25)22(2)3)10-16(13)30-19(24)26/h5-10,20H,11-12H2,1-4H3. The zero-order valence-electron chi connectivity index (χ0n) is 17.5. The van der Waals surface area contributed by atoms with E-state index in [0.29, 0.717) is 11.4 Å². The van der Waals surface area contributed by atoms with Crippen molar-refractivity contribution in [2.45, 2.75) is 13.1 Å². The predicted octanol–water partition coefficient (Wildman–Crippen LogP) is 1.56. The van der Waals surface area contributed by atoms with E-state index < -0.39 is 22.4 Å². The summed E-state index contributed by atoms with van der Waals surface area (Å²) >= 11 is 0. The lowest BCUT2D eigenvalue weighted by Gasteiger charge is -2.28. The summed E-state index contributed by atoms with van der Waals surface area (Å²) in [6, 6.07) is 9.73. The summed E-state index contributed by atoms with van der Waals surface area (Å²) in [6.45, 7) is 0.379. The van der Waals surface area contributed by atoms with Crippen LogP contribution in [0.25, 0.3) is 0 Å². The van der Waals surface area contributed by atoms with Crippen molar-refractivity contribution in [3.63, 3.8) is 0 Å². The molecule has 0 bridgehead atoms. The van der Waals surface area contributed by atoms with Gasteiger partial charge < -0.3 is 14.4 Å². The van der Waals surface area contributed by atoms with Crippen molar-refractivity contribution in [2.24, 2.45) is 0 Å². The maximum atomic E-state index is 12.5. The molecule has 0 unspecified atom stereocenters. The minimum atomic E-state index is -3.69. The molecule has 2 aromatic rings. The highest BCUT2D eigenvalue weighted by Gasteiger charge is 2.26. The van der Waals surface area contributed by atoms with Crippen LogP contribution in [0.15, 0.2) is 36.4 Å². The van der Waals surface area contributed by atoms with Crippen LogP contribution in [0.2, 0.25) is 0 Å². The molecule has 0 spiro atoms. The first-order chi connectivity index (χ1) is 14.6. The maximum absolute atomic E-state index is 12.5. The molecule has 0 saturated carbocycles. The Morgan fingerprint density at radius 1 is 1.26 bits per heavy atom. The second-order valence-electron chi connectivity index (χ2n) is 6.92. The lowest BCUT2D eigenvalue weighted by atomic mass is 10.1. The van der Waals surface area contributed by atoms with Crippen LogP contribution in [0.3, 0.4) is 0 Å². The third-order valence-corrected chi connectivity index (χ3v) is 5.94. The topological polar surface area (TPSA) is 121 Å². The molecular formula is C19H23N5O6S. The highest BCUT2D eigenvalue weighted by atomic mass is 32.2. The van der Waals surface area contributed by atoms with Crippen LogP contribution in [-0.4, -0.2) is 63.6 Å². The van der Waals surface area contributed by atoms with Gasteiger partial charge in [0, 0.05) is 39.8 Å². The van der Waals surface area contributed by atoms with Gasteiger partial charge in [-0.3, -0.25) is 4.90 Å². The lowest BCUT2D eigenvalue weighted by Crippen LogP contribution is -2.38. The molecule has 11 nitrogen and oxygen atoms in total. The third-order valence-electron chi connectivity index (χ3n) is 4.51. The van der Waals surface area contributed by atoms with Gasteiger partial charge in [0.1, 0.15) is 17.3 Å². The predicted molar refractivity (Wildman–Crippen MR) is 112 cm³/mol. The number of nitrogens with one attached hydrogen (secondary N) is 1. The van der Waals surface area contributed by atoms with Gasteiger partial charge in [-0.25, -0.2) is 23.6 Å². The number of fused-ring (bicyclic) bond motifs is 1. The van der Waals surface area contributed by atoms with Crippen molar-refractivity contribution in [3.05, 3.63) is 47.7 Å². The van der Waals surface area contributed by atoms with Crippen molar-refractivity contribution in [1.29, 1.82) is 0 Å². The third kappa shape index (κ3) is 5.03. The number of carbonyl (C=O) groups excluding carboxylic acids is 2. The Balaban J connectivity index is 1.75. The summed E-state index contributed by atoms with van der Waals surface area (Å²) in [5, 5.41) is 0. The first-order valence-corrected chi connectivity index (χ1v) is 10.7. The van der Waals surface area contributed by atoms with Gasteiger partial charge in [-0.2, -0.15) is 8.42 Å². The molecule has 2 heterocycles. The zero-order valence-corrected chi connectivity index (χ0v) is 18.3. The fraction of sp³-hybridized carbons (Fsp3) is 0.316. The van der Waals surface area contributed by atoms with Crippen LogP contribution in [0.4, 0.5) is 15.4 Å². The minimum Gasteiger partial charge on any atom is -0.410 e. The molecule has 1 aromatic carbocycles. The molecule has 1 aliphatic rings. The number of rotatable bonds is 6. The summed E-state index contributed by atoms with van der Waals surface area (Å²) in [7, 11) is 2.12. The molecule has 0 aliphatic carbocycles. The van der Waals surface area contributed by atoms with Crippen LogP contribution in [0.1, 0.15) is 11.3 Å². The molecule has 1 aliphatic heterocycles. The smallest absolute Gasteiger partial charge is 0.410 e. The number of nitrogens with zero attached hydrogens (tertiary/aromatic N) is 4. The fourth-order valence-corrected chi connectivity index (χ4v) is 3.37. The zero-order chi connectivity index (χ0) is 22.8. The van der Waals surface area contributed by atoms with Gasteiger partial charge in [0.05, 0.1) is 18.8 Å². The van der Waals surface area contributed by atoms with E-state index >= 15 is 0 Å². The van der Waals surface area contributed by atoms with Crippen LogP contribution in [0.5, 0.6) is 11.5 Å². The summed E-state index contributed by atoms with van der Waals surface area (Å²) < 4.78 is 37.8. The lowest BCUT2D eigenvalue weighted by molar-refractivity contribution is 0.134. The molecule has 2 amide bonds. The number of ether oxygens (including phenoxy) is 2. The second kappa shape index (κ2) is 8.78. The Hall–Kier alpha value is -3.38. The van der Waals surface area contributed by atoms with Crippen LogP contribution < -0.4 is 18.5 Å². The average molecular weight is 449 g/mol. The van der Waals surface area contributed by atoms with Crippen molar-refractivity contribution in [1.82, 2.24) is 19.5 Å². The largest absolute Gasteiger partial charge is 0.415 e. The molecule has 0 radical (unpaired) electrons. The molecule has 0 atom stereocenters. The SMILES string of the molecule is CNS(=O)(=O)N(C)c1cccc(CN2Cc3ccc(OC(=O)N(C)C)cc3OC2=O)n1. The highest BCUT2D eigenvalue weighted by molar-refractivity contribution is 7.90. The van der Waals surface area contributed by atoms with Crippen LogP contribution >= 0.6 is 0 Å². The Bertz CT molecular complexity index is 1100. The number of anilines is 1. The Kier molecular flexibility index (Phi) is 6.32. The number of carbonyl (C=O) groups is 2. The fourth-order valence-electron chi connectivity index (χ4n) is 2.75. The number of amides is 2. The summed E-state index contributed by atoms with van der Waals surface area (Å²) in [4.78, 5) is 31.2. The number of benzene rings is 1. The van der Waals surface area contributed by atoms with E-state index in [1.807, 2.05) is 0 Å². The second-order valence-corrected chi connectivity index (χ2v) is 8.83. The van der Waals surface area contributed by atoms with E-state index in [4.69, 9.17) is 9.47 Å². The Labute approximate surface area is 180 Å². The number of hydrogen-bond donors (Lipinski definition) is 1. The molecule has 0 saturated heterocycles. The molecule has 3 rings (SSSR count). The van der Waals surface area contributed by atoms with Crippen molar-refractivity contribution < 1.29 is 27.5 Å². The first kappa shape index (κ1) is 22.3. The molecule has 1 aromatic heterocycles. The summed E-state index contributed by atoms with van der Waals surface area (Å²) in [5.41, 5.74) is 1.22. The van der Waals surface area contributed by atoms with Gasteiger partial charge in [-0.05, 0) is 24.3 Å². The van der Waals surface area contributed by atoms with Crippen LogP contribution in [-0.2, 0) is 23.3 Å². The van der Waals surface area contributed by atoms with Gasteiger partial charge in [-0.1, -0.05) is 6.07 Å². The molecule has 0 fully saturated rings. The van der Waals surface area contributed by atoms with Crippen molar-refractivity contribution in [2.75, 3.05) is 32.5 Å². The molecule has 1 N–H and O–H groups in total. The Morgan fingerprint density at radius 3 is 2.68 bits per heavy atom. The maximum Gasteiger partial charge on any atom is 0.415 e. The van der Waals surface area contributed by atoms with Gasteiger partial charge in [0.15, 0.2) is 0 Å². The van der Waals surface area contributed by atoms with E-state index in [0.717, 1.165) is 9.87 Å². The van der Waals surface area contributed by atoms with Gasteiger partial charge in [0.25, 0.3) is 0 Å². The molecule has 31 heavy (non-hydrogen) atoms. The quantitative estimate of drug-likeness (QED) is 0.710. The van der Waals surface area contributed by atoms with Crippen molar-refractivity contribution in [3.8, 4) is 11.5 Å². The first-order valence-electron chi connectivity index (χ1n) is 9.23. The molecular weight excluding hydrogens is 426 g/mol. The number of hydrogen-bond acceptors (Lipinski definition) is 7. The highest BCUT2D eigenvalue weighted by Crippen LogP contribution is 2.31. The molecule has 166 valence electrons. The summed E-state index contributed by atoms with van der Waals surface area (Å²) in [6.07, 6.45) is -1.13. The number of aromatic nitrogens is 1.